The van der Waals surface area contributed by atoms with Crippen LogP contribution in [-0.2, 0) is 11.3 Å². The molecule has 0 aliphatic carbocycles. The van der Waals surface area contributed by atoms with Crippen molar-refractivity contribution in [1.82, 2.24) is 15.1 Å². The van der Waals surface area contributed by atoms with Crippen molar-refractivity contribution in [3.8, 4) is 11.4 Å². The lowest BCUT2D eigenvalue weighted by molar-refractivity contribution is 0.0429. The number of carbonyl (C=O) groups excluding carboxylic acids is 1. The molecule has 2 aromatic heterocycles. The van der Waals surface area contributed by atoms with Crippen LogP contribution in [0.5, 0.6) is 0 Å². The van der Waals surface area contributed by atoms with E-state index in [1.807, 2.05) is 0 Å². The topological polar surface area (TPSA) is 78.1 Å². The van der Waals surface area contributed by atoms with E-state index in [0.29, 0.717) is 11.1 Å². The number of aromatic nitrogens is 3. The molecule has 0 aliphatic heterocycles. The molecule has 3 aromatic rings. The van der Waals surface area contributed by atoms with Gasteiger partial charge in [-0.05, 0) is 24.3 Å². The Morgan fingerprint density at radius 1 is 1.27 bits per heavy atom. The van der Waals surface area contributed by atoms with Gasteiger partial charge in [-0.25, -0.2) is 9.18 Å². The lowest BCUT2D eigenvalue weighted by atomic mass is 10.2. The zero-order valence-corrected chi connectivity index (χ0v) is 11.3. The minimum atomic E-state index is -0.543. The summed E-state index contributed by atoms with van der Waals surface area (Å²) in [6.45, 7) is -0.171. The zero-order valence-electron chi connectivity index (χ0n) is 11.3. The average Bonchev–Trinajstić information content (AvgIpc) is 3.02. The number of hydrogen-bond donors (Lipinski definition) is 0. The highest BCUT2D eigenvalue weighted by molar-refractivity contribution is 5.88. The third-order valence-electron chi connectivity index (χ3n) is 2.77. The van der Waals surface area contributed by atoms with Crippen LogP contribution in [0.1, 0.15) is 16.2 Å². The van der Waals surface area contributed by atoms with E-state index in [1.54, 1.807) is 30.5 Å². The molecule has 0 saturated heterocycles. The highest BCUT2D eigenvalue weighted by Gasteiger charge is 2.12. The number of carbonyl (C=O) groups is 1. The molecular weight excluding hydrogens is 289 g/mol. The van der Waals surface area contributed by atoms with Crippen molar-refractivity contribution >= 4 is 5.97 Å². The van der Waals surface area contributed by atoms with Crippen LogP contribution in [0.4, 0.5) is 4.39 Å². The summed E-state index contributed by atoms with van der Waals surface area (Å²) in [4.78, 5) is 19.6. The number of nitrogens with zero attached hydrogens (tertiary/aromatic N) is 3. The molecule has 6 nitrogen and oxygen atoms in total. The molecule has 22 heavy (non-hydrogen) atoms. The van der Waals surface area contributed by atoms with Crippen LogP contribution >= 0.6 is 0 Å². The smallest absolute Gasteiger partial charge is 0.340 e. The zero-order chi connectivity index (χ0) is 15.4. The van der Waals surface area contributed by atoms with Gasteiger partial charge in [-0.2, -0.15) is 4.98 Å². The molecule has 0 radical (unpaired) electrons. The molecule has 0 amide bonds. The highest BCUT2D eigenvalue weighted by Crippen LogP contribution is 2.17. The summed E-state index contributed by atoms with van der Waals surface area (Å²) in [5, 5.41) is 3.72. The van der Waals surface area contributed by atoms with E-state index in [2.05, 4.69) is 15.1 Å². The number of pyridine rings is 1. The third kappa shape index (κ3) is 3.14. The van der Waals surface area contributed by atoms with E-state index in [-0.39, 0.29) is 18.3 Å². The lowest BCUT2D eigenvalue weighted by Crippen LogP contribution is -2.05. The van der Waals surface area contributed by atoms with E-state index in [4.69, 9.17) is 9.26 Å². The SMILES string of the molecule is O=C(OCc1nc(-c2cccc(F)c2)no1)c1cccnc1. The Hall–Kier alpha value is -3.09. The van der Waals surface area contributed by atoms with E-state index in [0.717, 1.165) is 0 Å². The minimum absolute atomic E-state index is 0.122. The molecule has 2 heterocycles. The number of hydrogen-bond acceptors (Lipinski definition) is 6. The van der Waals surface area contributed by atoms with Gasteiger partial charge in [-0.15, -0.1) is 0 Å². The number of rotatable bonds is 4. The quantitative estimate of drug-likeness (QED) is 0.689. The fourth-order valence-corrected chi connectivity index (χ4v) is 1.75. The summed E-state index contributed by atoms with van der Waals surface area (Å²) in [6.07, 6.45) is 2.95. The van der Waals surface area contributed by atoms with Crippen LogP contribution in [0, 0.1) is 5.82 Å². The molecule has 0 unspecified atom stereocenters. The van der Waals surface area contributed by atoms with Crippen LogP contribution < -0.4 is 0 Å². The second kappa shape index (κ2) is 6.13. The van der Waals surface area contributed by atoms with Gasteiger partial charge in [-0.3, -0.25) is 4.98 Å². The van der Waals surface area contributed by atoms with Crippen molar-refractivity contribution in [3.63, 3.8) is 0 Å². The highest BCUT2D eigenvalue weighted by atomic mass is 19.1. The van der Waals surface area contributed by atoms with Gasteiger partial charge >= 0.3 is 5.97 Å². The normalized spacial score (nSPS) is 10.4. The van der Waals surface area contributed by atoms with Gasteiger partial charge in [0.05, 0.1) is 5.56 Å². The Bertz CT molecular complexity index is 789. The summed E-state index contributed by atoms with van der Waals surface area (Å²) >= 11 is 0. The van der Waals surface area contributed by atoms with Crippen molar-refractivity contribution in [3.05, 3.63) is 66.1 Å². The van der Waals surface area contributed by atoms with Crippen molar-refractivity contribution in [2.45, 2.75) is 6.61 Å². The van der Waals surface area contributed by atoms with Crippen molar-refractivity contribution < 1.29 is 18.4 Å². The molecule has 0 saturated carbocycles. The van der Waals surface area contributed by atoms with Crippen LogP contribution in [0.15, 0.2) is 53.3 Å². The summed E-state index contributed by atoms with van der Waals surface area (Å²) in [6, 6.07) is 9.02. The van der Waals surface area contributed by atoms with Crippen LogP contribution in [-0.4, -0.2) is 21.1 Å². The van der Waals surface area contributed by atoms with Gasteiger partial charge in [0.15, 0.2) is 6.61 Å². The first kappa shape index (κ1) is 13.9. The van der Waals surface area contributed by atoms with Crippen LogP contribution in [0.2, 0.25) is 0 Å². The third-order valence-corrected chi connectivity index (χ3v) is 2.77. The molecule has 0 N–H and O–H groups in total. The Labute approximate surface area is 124 Å². The fourth-order valence-electron chi connectivity index (χ4n) is 1.75. The summed E-state index contributed by atoms with van der Waals surface area (Å²) < 4.78 is 23.1. The van der Waals surface area contributed by atoms with E-state index >= 15 is 0 Å². The number of benzene rings is 1. The number of esters is 1. The Kier molecular flexibility index (Phi) is 3.86. The molecule has 0 atom stereocenters. The van der Waals surface area contributed by atoms with E-state index in [1.165, 1.54) is 18.3 Å². The molecule has 0 aliphatic rings. The fraction of sp³-hybridized carbons (Fsp3) is 0.0667. The van der Waals surface area contributed by atoms with Gasteiger partial charge in [0.25, 0.3) is 5.89 Å². The Morgan fingerprint density at radius 3 is 2.95 bits per heavy atom. The van der Waals surface area contributed by atoms with Gasteiger partial charge in [0.1, 0.15) is 5.82 Å². The van der Waals surface area contributed by atoms with Crippen molar-refractivity contribution in [2.75, 3.05) is 0 Å². The first-order valence-electron chi connectivity index (χ1n) is 6.38. The molecular formula is C15H10FN3O3. The molecule has 1 aromatic carbocycles. The first-order chi connectivity index (χ1) is 10.7. The standard InChI is InChI=1S/C15H10FN3O3/c16-12-5-1-3-10(7-12)14-18-13(22-19-14)9-21-15(20)11-4-2-6-17-8-11/h1-8H,9H2. The largest absolute Gasteiger partial charge is 0.452 e. The van der Waals surface area contributed by atoms with E-state index in [9.17, 15) is 9.18 Å². The van der Waals surface area contributed by atoms with Gasteiger partial charge < -0.3 is 9.26 Å². The maximum atomic E-state index is 13.1. The summed E-state index contributed by atoms with van der Waals surface area (Å²) in [5.74, 6) is -0.589. The Balaban J connectivity index is 1.66. The summed E-state index contributed by atoms with van der Waals surface area (Å²) in [5.41, 5.74) is 0.806. The summed E-state index contributed by atoms with van der Waals surface area (Å²) in [7, 11) is 0. The molecule has 110 valence electrons. The van der Waals surface area contributed by atoms with Gasteiger partial charge in [-0.1, -0.05) is 17.3 Å². The predicted molar refractivity (Wildman–Crippen MR) is 73.0 cm³/mol. The molecule has 7 heteroatoms. The average molecular weight is 299 g/mol. The van der Waals surface area contributed by atoms with Crippen molar-refractivity contribution in [1.29, 1.82) is 0 Å². The van der Waals surface area contributed by atoms with Crippen molar-refractivity contribution in [2.24, 2.45) is 0 Å². The molecule has 0 fully saturated rings. The maximum absolute atomic E-state index is 13.1. The molecule has 0 bridgehead atoms. The van der Waals surface area contributed by atoms with Gasteiger partial charge in [0.2, 0.25) is 5.82 Å². The monoisotopic (exact) mass is 299 g/mol. The minimum Gasteiger partial charge on any atom is -0.452 e. The molecule has 0 spiro atoms. The van der Waals surface area contributed by atoms with Gasteiger partial charge in [0, 0.05) is 18.0 Å². The van der Waals surface area contributed by atoms with Crippen LogP contribution in [0.3, 0.4) is 0 Å². The predicted octanol–water partition coefficient (Wildman–Crippen LogP) is 2.63. The number of halogens is 1. The number of ether oxygens (including phenoxy) is 1. The lowest BCUT2D eigenvalue weighted by Gasteiger charge is -2.00. The Morgan fingerprint density at radius 2 is 2.18 bits per heavy atom. The second-order valence-corrected chi connectivity index (χ2v) is 4.34. The molecule has 3 rings (SSSR count). The first-order valence-corrected chi connectivity index (χ1v) is 6.38. The van der Waals surface area contributed by atoms with E-state index < -0.39 is 11.8 Å². The second-order valence-electron chi connectivity index (χ2n) is 4.34. The maximum Gasteiger partial charge on any atom is 0.340 e. The van der Waals surface area contributed by atoms with Crippen LogP contribution in [0.25, 0.3) is 11.4 Å².